The fourth-order valence-electron chi connectivity index (χ4n) is 1.11. The van der Waals surface area contributed by atoms with Crippen molar-refractivity contribution >= 4 is 5.69 Å². The molecule has 0 radical (unpaired) electrons. The molecule has 0 aliphatic heterocycles. The van der Waals surface area contributed by atoms with Crippen molar-refractivity contribution in [2.24, 2.45) is 0 Å². The molecular formula is C11H17NO2. The van der Waals surface area contributed by atoms with Crippen LogP contribution in [0.3, 0.4) is 0 Å². The molecule has 14 heavy (non-hydrogen) atoms. The molecule has 0 fully saturated rings. The van der Waals surface area contributed by atoms with Gasteiger partial charge in [-0.1, -0.05) is 12.1 Å². The van der Waals surface area contributed by atoms with Crippen LogP contribution in [0.25, 0.3) is 0 Å². The Morgan fingerprint density at radius 1 is 1.14 bits per heavy atom. The summed E-state index contributed by atoms with van der Waals surface area (Å²) >= 11 is 0. The van der Waals surface area contributed by atoms with Crippen molar-refractivity contribution in [1.29, 1.82) is 0 Å². The quantitative estimate of drug-likeness (QED) is 0.556. The highest BCUT2D eigenvalue weighted by Gasteiger charge is 1.92. The van der Waals surface area contributed by atoms with Crippen LogP contribution in [0.4, 0.5) is 5.69 Å². The summed E-state index contributed by atoms with van der Waals surface area (Å²) in [5.74, 6) is 0. The smallest absolute Gasteiger partial charge is 0.0716 e. The fourth-order valence-corrected chi connectivity index (χ4v) is 1.11. The van der Waals surface area contributed by atoms with Crippen LogP contribution in [0.2, 0.25) is 0 Å². The van der Waals surface area contributed by atoms with Crippen LogP contribution < -0.4 is 5.73 Å². The van der Waals surface area contributed by atoms with Crippen molar-refractivity contribution in [2.45, 2.75) is 13.0 Å². The zero-order valence-electron chi connectivity index (χ0n) is 8.53. The highest BCUT2D eigenvalue weighted by molar-refractivity contribution is 5.39. The van der Waals surface area contributed by atoms with Gasteiger partial charge in [-0.25, -0.2) is 0 Å². The lowest BCUT2D eigenvalue weighted by atomic mass is 10.2. The molecule has 78 valence electrons. The third-order valence-corrected chi connectivity index (χ3v) is 1.89. The lowest BCUT2D eigenvalue weighted by molar-refractivity contribution is 0.0929. The van der Waals surface area contributed by atoms with Crippen molar-refractivity contribution in [3.05, 3.63) is 29.8 Å². The molecule has 1 aromatic carbocycles. The minimum Gasteiger partial charge on any atom is -0.399 e. The van der Waals surface area contributed by atoms with Crippen LogP contribution in [-0.2, 0) is 16.1 Å². The molecule has 0 amide bonds. The molecule has 0 atom stereocenters. The summed E-state index contributed by atoms with van der Waals surface area (Å²) in [6, 6.07) is 7.72. The van der Waals surface area contributed by atoms with Crippen LogP contribution in [0.5, 0.6) is 0 Å². The summed E-state index contributed by atoms with van der Waals surface area (Å²) in [5.41, 5.74) is 7.50. The van der Waals surface area contributed by atoms with Crippen molar-refractivity contribution in [1.82, 2.24) is 0 Å². The van der Waals surface area contributed by atoms with Gasteiger partial charge in [0.1, 0.15) is 0 Å². The van der Waals surface area contributed by atoms with E-state index >= 15 is 0 Å². The molecule has 3 nitrogen and oxygen atoms in total. The summed E-state index contributed by atoms with van der Waals surface area (Å²) in [6.45, 7) is 2.13. The van der Waals surface area contributed by atoms with Crippen LogP contribution >= 0.6 is 0 Å². The number of anilines is 1. The average molecular weight is 195 g/mol. The number of nitrogen functional groups attached to an aromatic ring is 1. The Hall–Kier alpha value is -1.06. The largest absolute Gasteiger partial charge is 0.399 e. The Bertz CT molecular complexity index is 246. The van der Waals surface area contributed by atoms with E-state index in [0.717, 1.165) is 30.9 Å². The molecule has 0 aromatic heterocycles. The van der Waals surface area contributed by atoms with Crippen molar-refractivity contribution < 1.29 is 9.47 Å². The van der Waals surface area contributed by atoms with Gasteiger partial charge in [0.15, 0.2) is 0 Å². The van der Waals surface area contributed by atoms with Gasteiger partial charge in [-0.3, -0.25) is 0 Å². The van der Waals surface area contributed by atoms with Crippen molar-refractivity contribution in [3.63, 3.8) is 0 Å². The molecule has 1 aromatic rings. The third-order valence-electron chi connectivity index (χ3n) is 1.89. The molecule has 0 heterocycles. The van der Waals surface area contributed by atoms with Crippen LogP contribution in [0, 0.1) is 0 Å². The minimum atomic E-state index is 0.643. The predicted octanol–water partition coefficient (Wildman–Crippen LogP) is 1.82. The standard InChI is InChI=1S/C11H17NO2/c1-13-7-2-8-14-9-10-3-5-11(12)6-4-10/h3-6H,2,7-9,12H2,1H3. The summed E-state index contributed by atoms with van der Waals surface area (Å²) in [7, 11) is 1.69. The van der Waals surface area contributed by atoms with Gasteiger partial charge >= 0.3 is 0 Å². The molecule has 0 unspecified atom stereocenters. The second kappa shape index (κ2) is 6.40. The maximum Gasteiger partial charge on any atom is 0.0716 e. The van der Waals surface area contributed by atoms with Gasteiger partial charge in [0.2, 0.25) is 0 Å². The topological polar surface area (TPSA) is 44.5 Å². The number of benzene rings is 1. The molecule has 2 N–H and O–H groups in total. The first kappa shape index (κ1) is 11.0. The first-order valence-electron chi connectivity index (χ1n) is 4.74. The van der Waals surface area contributed by atoms with Gasteiger partial charge in [-0.15, -0.1) is 0 Å². The lowest BCUT2D eigenvalue weighted by Gasteiger charge is -2.04. The molecule has 0 aliphatic rings. The van der Waals surface area contributed by atoms with E-state index in [9.17, 15) is 0 Å². The zero-order chi connectivity index (χ0) is 10.2. The van der Waals surface area contributed by atoms with E-state index in [2.05, 4.69) is 0 Å². The van der Waals surface area contributed by atoms with Gasteiger partial charge < -0.3 is 15.2 Å². The maximum atomic E-state index is 5.56. The number of hydrogen-bond donors (Lipinski definition) is 1. The van der Waals surface area contributed by atoms with E-state index in [0.29, 0.717) is 6.61 Å². The maximum absolute atomic E-state index is 5.56. The summed E-state index contributed by atoms with van der Waals surface area (Å²) in [6.07, 6.45) is 0.936. The van der Waals surface area contributed by atoms with E-state index in [1.807, 2.05) is 24.3 Å². The minimum absolute atomic E-state index is 0.643. The second-order valence-corrected chi connectivity index (χ2v) is 3.14. The van der Waals surface area contributed by atoms with Gasteiger partial charge in [-0.05, 0) is 24.1 Å². The Morgan fingerprint density at radius 2 is 1.86 bits per heavy atom. The van der Waals surface area contributed by atoms with E-state index in [1.165, 1.54) is 0 Å². The lowest BCUT2D eigenvalue weighted by Crippen LogP contribution is -1.99. The number of rotatable bonds is 6. The van der Waals surface area contributed by atoms with E-state index in [-0.39, 0.29) is 0 Å². The molecule has 3 heteroatoms. The second-order valence-electron chi connectivity index (χ2n) is 3.14. The molecule has 0 aliphatic carbocycles. The number of hydrogen-bond acceptors (Lipinski definition) is 3. The number of nitrogens with two attached hydrogens (primary N) is 1. The Morgan fingerprint density at radius 3 is 2.50 bits per heavy atom. The average Bonchev–Trinajstić information content (AvgIpc) is 2.21. The molecular weight excluding hydrogens is 178 g/mol. The van der Waals surface area contributed by atoms with Gasteiger partial charge in [0, 0.05) is 26.0 Å². The SMILES string of the molecule is COCCCOCc1ccc(N)cc1. The van der Waals surface area contributed by atoms with Crippen LogP contribution in [0.1, 0.15) is 12.0 Å². The normalized spacial score (nSPS) is 10.4. The Labute approximate surface area is 84.8 Å². The first-order valence-corrected chi connectivity index (χ1v) is 4.74. The van der Waals surface area contributed by atoms with Gasteiger partial charge in [0.05, 0.1) is 6.61 Å². The molecule has 0 saturated carbocycles. The third kappa shape index (κ3) is 4.25. The van der Waals surface area contributed by atoms with Gasteiger partial charge in [0.25, 0.3) is 0 Å². The van der Waals surface area contributed by atoms with Crippen molar-refractivity contribution in [2.75, 3.05) is 26.1 Å². The van der Waals surface area contributed by atoms with E-state index in [1.54, 1.807) is 7.11 Å². The summed E-state index contributed by atoms with van der Waals surface area (Å²) < 4.78 is 10.4. The zero-order valence-corrected chi connectivity index (χ0v) is 8.53. The first-order chi connectivity index (χ1) is 6.83. The van der Waals surface area contributed by atoms with E-state index < -0.39 is 0 Å². The highest BCUT2D eigenvalue weighted by Crippen LogP contribution is 2.06. The number of ether oxygens (including phenoxy) is 2. The van der Waals surface area contributed by atoms with Gasteiger partial charge in [-0.2, -0.15) is 0 Å². The Balaban J connectivity index is 2.15. The molecule has 0 bridgehead atoms. The molecule has 1 rings (SSSR count). The fraction of sp³-hybridized carbons (Fsp3) is 0.455. The number of methoxy groups -OCH3 is 1. The van der Waals surface area contributed by atoms with Crippen molar-refractivity contribution in [3.8, 4) is 0 Å². The Kier molecular flexibility index (Phi) is 5.04. The monoisotopic (exact) mass is 195 g/mol. The molecule has 0 spiro atoms. The highest BCUT2D eigenvalue weighted by atomic mass is 16.5. The van der Waals surface area contributed by atoms with Crippen LogP contribution in [0.15, 0.2) is 24.3 Å². The summed E-state index contributed by atoms with van der Waals surface area (Å²) in [5, 5.41) is 0. The van der Waals surface area contributed by atoms with Crippen LogP contribution in [-0.4, -0.2) is 20.3 Å². The van der Waals surface area contributed by atoms with E-state index in [4.69, 9.17) is 15.2 Å². The predicted molar refractivity (Wildman–Crippen MR) is 57.0 cm³/mol. The summed E-state index contributed by atoms with van der Waals surface area (Å²) in [4.78, 5) is 0. The molecule has 0 saturated heterocycles.